The number of urea groups is 1. The van der Waals surface area contributed by atoms with Crippen LogP contribution in [0.15, 0.2) is 47.5 Å². The van der Waals surface area contributed by atoms with Crippen molar-refractivity contribution >= 4 is 29.7 Å². The Bertz CT molecular complexity index is 938. The monoisotopic (exact) mass is 367 g/mol. The van der Waals surface area contributed by atoms with E-state index in [0.717, 1.165) is 21.6 Å². The zero-order valence-corrected chi connectivity index (χ0v) is 14.9. The first-order valence-corrected chi connectivity index (χ1v) is 8.37. The average Bonchev–Trinajstić information content (AvgIpc) is 2.62. The number of aliphatic imine (C=N–C) groups is 1. The molecule has 27 heavy (non-hydrogen) atoms. The molecule has 0 aromatic heterocycles. The van der Waals surface area contributed by atoms with Crippen LogP contribution in [-0.4, -0.2) is 24.1 Å². The molecule has 2 aromatic rings. The molecule has 138 valence electrons. The molecule has 0 bridgehead atoms. The molecule has 0 spiro atoms. The first-order chi connectivity index (χ1) is 12.9. The molecule has 0 saturated carbocycles. The summed E-state index contributed by atoms with van der Waals surface area (Å²) >= 11 is 0. The Hall–Kier alpha value is -3.35. The number of anilines is 1. The molecule has 1 aliphatic heterocycles. The van der Waals surface area contributed by atoms with E-state index in [-0.39, 0.29) is 12.4 Å². The summed E-state index contributed by atoms with van der Waals surface area (Å²) in [5, 5.41) is 2.18. The van der Waals surface area contributed by atoms with Gasteiger partial charge in [-0.15, -0.1) is 0 Å². The molecule has 7 heteroatoms. The molecule has 0 aliphatic carbocycles. The van der Waals surface area contributed by atoms with Gasteiger partial charge in [0.1, 0.15) is 5.82 Å². The number of barbiturate groups is 1. The lowest BCUT2D eigenvalue weighted by molar-refractivity contribution is -0.131. The zero-order valence-electron chi connectivity index (χ0n) is 14.9. The minimum absolute atomic E-state index is 0.189. The van der Waals surface area contributed by atoms with Gasteiger partial charge in [-0.1, -0.05) is 18.2 Å². The molecule has 0 radical (unpaired) electrons. The van der Waals surface area contributed by atoms with Gasteiger partial charge in [0.15, 0.2) is 5.92 Å². The summed E-state index contributed by atoms with van der Waals surface area (Å²) in [4.78, 5) is 42.1. The van der Waals surface area contributed by atoms with Crippen molar-refractivity contribution in [2.24, 2.45) is 10.9 Å². The van der Waals surface area contributed by atoms with Crippen LogP contribution in [0.2, 0.25) is 0 Å². The predicted molar refractivity (Wildman–Crippen MR) is 99.0 cm³/mol. The molecule has 1 heterocycles. The summed E-state index contributed by atoms with van der Waals surface area (Å²) in [6.45, 7) is 3.98. The predicted octanol–water partition coefficient (Wildman–Crippen LogP) is 2.91. The number of hydrogen-bond acceptors (Lipinski definition) is 4. The molecule has 1 N–H and O–H groups in total. The molecule has 1 aliphatic rings. The van der Waals surface area contributed by atoms with Gasteiger partial charge in [0.05, 0.1) is 12.2 Å². The lowest BCUT2D eigenvalue weighted by Crippen LogP contribution is -2.58. The van der Waals surface area contributed by atoms with Crippen LogP contribution in [0.5, 0.6) is 0 Å². The van der Waals surface area contributed by atoms with Crippen molar-refractivity contribution in [2.45, 2.75) is 20.4 Å². The number of aryl methyl sites for hydroxylation is 2. The maximum absolute atomic E-state index is 12.9. The Labute approximate surface area is 155 Å². The van der Waals surface area contributed by atoms with Crippen LogP contribution in [-0.2, 0) is 16.1 Å². The standard InChI is InChI=1S/C20H18FN3O3/c1-12-3-8-16(9-13(12)2)24-19(26)17(18(25)23-20(24)27)11-22-10-14-4-6-15(21)7-5-14/h3-9,11,17H,10H2,1-2H3,(H,23,25,27)/t17-/m1/s1. The van der Waals surface area contributed by atoms with Gasteiger partial charge in [-0.3, -0.25) is 19.9 Å². The highest BCUT2D eigenvalue weighted by molar-refractivity contribution is 6.32. The lowest BCUT2D eigenvalue weighted by Gasteiger charge is -2.28. The summed E-state index contributed by atoms with van der Waals surface area (Å²) in [5.74, 6) is -2.93. The third kappa shape index (κ3) is 3.92. The SMILES string of the molecule is Cc1ccc(N2C(=O)NC(=O)[C@@H](C=NCc3ccc(F)cc3)C2=O)cc1C. The van der Waals surface area contributed by atoms with E-state index in [4.69, 9.17) is 0 Å². The highest BCUT2D eigenvalue weighted by Crippen LogP contribution is 2.23. The average molecular weight is 367 g/mol. The molecule has 1 atom stereocenters. The number of benzene rings is 2. The number of nitrogens with zero attached hydrogens (tertiary/aromatic N) is 2. The summed E-state index contributed by atoms with van der Waals surface area (Å²) in [5.41, 5.74) is 3.08. The van der Waals surface area contributed by atoms with Crippen molar-refractivity contribution in [3.05, 3.63) is 65.0 Å². The number of imide groups is 2. The van der Waals surface area contributed by atoms with Crippen LogP contribution in [0.4, 0.5) is 14.9 Å². The molecule has 3 rings (SSSR count). The topological polar surface area (TPSA) is 78.8 Å². The third-order valence-electron chi connectivity index (χ3n) is 4.39. The summed E-state index contributed by atoms with van der Waals surface area (Å²) in [6.07, 6.45) is 1.22. The van der Waals surface area contributed by atoms with Crippen molar-refractivity contribution in [1.29, 1.82) is 0 Å². The van der Waals surface area contributed by atoms with E-state index < -0.39 is 23.8 Å². The Morgan fingerprint density at radius 1 is 1.07 bits per heavy atom. The van der Waals surface area contributed by atoms with Crippen LogP contribution < -0.4 is 10.2 Å². The van der Waals surface area contributed by atoms with Gasteiger partial charge >= 0.3 is 6.03 Å². The minimum Gasteiger partial charge on any atom is -0.291 e. The largest absolute Gasteiger partial charge is 0.335 e. The molecule has 6 nitrogen and oxygen atoms in total. The summed E-state index contributed by atoms with van der Waals surface area (Å²) in [7, 11) is 0. The second-order valence-electron chi connectivity index (χ2n) is 6.33. The van der Waals surface area contributed by atoms with Crippen LogP contribution >= 0.6 is 0 Å². The molecule has 1 fully saturated rings. The highest BCUT2D eigenvalue weighted by Gasteiger charge is 2.40. The van der Waals surface area contributed by atoms with Crippen molar-refractivity contribution in [3.63, 3.8) is 0 Å². The van der Waals surface area contributed by atoms with Crippen molar-refractivity contribution < 1.29 is 18.8 Å². The van der Waals surface area contributed by atoms with E-state index in [1.54, 1.807) is 30.3 Å². The second-order valence-corrected chi connectivity index (χ2v) is 6.33. The third-order valence-corrected chi connectivity index (χ3v) is 4.39. The van der Waals surface area contributed by atoms with Gasteiger partial charge in [-0.25, -0.2) is 14.1 Å². The summed E-state index contributed by atoms with van der Waals surface area (Å²) < 4.78 is 12.9. The fourth-order valence-electron chi connectivity index (χ4n) is 2.68. The number of hydrogen-bond donors (Lipinski definition) is 1. The molecule has 2 aromatic carbocycles. The van der Waals surface area contributed by atoms with Gasteiger partial charge in [0.25, 0.3) is 5.91 Å². The molecule has 1 saturated heterocycles. The number of halogens is 1. The normalized spacial score (nSPS) is 17.5. The van der Waals surface area contributed by atoms with Crippen molar-refractivity contribution in [2.75, 3.05) is 4.90 Å². The Morgan fingerprint density at radius 3 is 2.44 bits per heavy atom. The molecule has 4 amide bonds. The smallest absolute Gasteiger partial charge is 0.291 e. The van der Waals surface area contributed by atoms with Crippen LogP contribution in [0.3, 0.4) is 0 Å². The van der Waals surface area contributed by atoms with E-state index in [9.17, 15) is 18.8 Å². The minimum atomic E-state index is -1.20. The van der Waals surface area contributed by atoms with Crippen LogP contribution in [0.1, 0.15) is 16.7 Å². The number of nitrogens with one attached hydrogen (secondary N) is 1. The van der Waals surface area contributed by atoms with E-state index in [1.807, 2.05) is 13.8 Å². The number of carbonyl (C=O) groups excluding carboxylic acids is 3. The molecular formula is C20H18FN3O3. The summed E-state index contributed by atoms with van der Waals surface area (Å²) in [6, 6.07) is 10.2. The first kappa shape index (κ1) is 18.4. The molecular weight excluding hydrogens is 349 g/mol. The van der Waals surface area contributed by atoms with E-state index in [0.29, 0.717) is 5.69 Å². The number of carbonyl (C=O) groups is 3. The Balaban J connectivity index is 1.80. The van der Waals surface area contributed by atoms with Gasteiger partial charge < -0.3 is 0 Å². The van der Waals surface area contributed by atoms with Gasteiger partial charge in [0, 0.05) is 6.21 Å². The van der Waals surface area contributed by atoms with Crippen LogP contribution in [0, 0.1) is 25.6 Å². The van der Waals surface area contributed by atoms with Crippen molar-refractivity contribution in [1.82, 2.24) is 5.32 Å². The Kier molecular flexibility index (Phi) is 5.12. The fraction of sp³-hybridized carbons (Fsp3) is 0.200. The van der Waals surface area contributed by atoms with E-state index >= 15 is 0 Å². The fourth-order valence-corrected chi connectivity index (χ4v) is 2.68. The number of rotatable bonds is 4. The van der Waals surface area contributed by atoms with Gasteiger partial charge in [-0.2, -0.15) is 0 Å². The zero-order chi connectivity index (χ0) is 19.6. The van der Waals surface area contributed by atoms with E-state index in [2.05, 4.69) is 10.3 Å². The maximum atomic E-state index is 12.9. The van der Waals surface area contributed by atoms with Crippen molar-refractivity contribution in [3.8, 4) is 0 Å². The highest BCUT2D eigenvalue weighted by atomic mass is 19.1. The number of amides is 4. The lowest BCUT2D eigenvalue weighted by atomic mass is 10.0. The van der Waals surface area contributed by atoms with Gasteiger partial charge in [-0.05, 0) is 54.8 Å². The Morgan fingerprint density at radius 2 is 1.78 bits per heavy atom. The molecule has 0 unspecified atom stereocenters. The van der Waals surface area contributed by atoms with E-state index in [1.165, 1.54) is 18.3 Å². The first-order valence-electron chi connectivity index (χ1n) is 8.37. The maximum Gasteiger partial charge on any atom is 0.335 e. The van der Waals surface area contributed by atoms with Gasteiger partial charge in [0.2, 0.25) is 5.91 Å². The second kappa shape index (κ2) is 7.49. The quantitative estimate of drug-likeness (QED) is 0.667. The van der Waals surface area contributed by atoms with Crippen LogP contribution in [0.25, 0.3) is 0 Å².